The van der Waals surface area contributed by atoms with Gasteiger partial charge in [-0.05, 0) is 68.0 Å². The molecular formula is C25H29ClF3N3O2. The molecule has 1 amide bonds. The zero-order valence-corrected chi connectivity index (χ0v) is 19.8. The highest BCUT2D eigenvalue weighted by atomic mass is 35.5. The summed E-state index contributed by atoms with van der Waals surface area (Å²) in [6.07, 6.45) is -1.04. The second kappa shape index (κ2) is 10.1. The van der Waals surface area contributed by atoms with E-state index >= 15 is 0 Å². The first kappa shape index (κ1) is 24.8. The van der Waals surface area contributed by atoms with Gasteiger partial charge in [0.1, 0.15) is 6.23 Å². The smallest absolute Gasteiger partial charge is 0.379 e. The van der Waals surface area contributed by atoms with Crippen molar-refractivity contribution in [3.63, 3.8) is 0 Å². The molecule has 34 heavy (non-hydrogen) atoms. The molecule has 0 spiro atoms. The summed E-state index contributed by atoms with van der Waals surface area (Å²) in [7, 11) is 0. The highest BCUT2D eigenvalue weighted by Crippen LogP contribution is 2.38. The largest absolute Gasteiger partial charge is 0.416 e. The molecule has 2 aliphatic heterocycles. The van der Waals surface area contributed by atoms with Crippen molar-refractivity contribution in [2.24, 2.45) is 0 Å². The molecule has 0 bridgehead atoms. The third-order valence-corrected chi connectivity index (χ3v) is 6.94. The molecule has 9 heteroatoms. The third-order valence-electron chi connectivity index (χ3n) is 6.66. The Morgan fingerprint density at radius 2 is 1.94 bits per heavy atom. The molecule has 5 nitrogen and oxygen atoms in total. The number of nitrogens with zero attached hydrogens (tertiary/aromatic N) is 2. The number of carbonyl (C=O) groups is 1. The summed E-state index contributed by atoms with van der Waals surface area (Å²) in [5, 5.41) is 13.5. The number of carbonyl (C=O) groups excluding carboxylic acids is 1. The molecule has 1 saturated heterocycles. The predicted molar refractivity (Wildman–Crippen MR) is 127 cm³/mol. The van der Waals surface area contributed by atoms with Crippen LogP contribution in [-0.2, 0) is 23.8 Å². The molecule has 0 saturated carbocycles. The van der Waals surface area contributed by atoms with Gasteiger partial charge in [-0.1, -0.05) is 30.2 Å². The quantitative estimate of drug-likeness (QED) is 0.586. The van der Waals surface area contributed by atoms with Crippen LogP contribution in [0.3, 0.4) is 0 Å². The maximum Gasteiger partial charge on any atom is 0.416 e. The van der Waals surface area contributed by atoms with E-state index in [0.717, 1.165) is 54.8 Å². The van der Waals surface area contributed by atoms with Crippen LogP contribution in [0.2, 0.25) is 5.02 Å². The Morgan fingerprint density at radius 1 is 1.21 bits per heavy atom. The van der Waals surface area contributed by atoms with Gasteiger partial charge in [0.15, 0.2) is 0 Å². The van der Waals surface area contributed by atoms with Crippen LogP contribution in [0.15, 0.2) is 36.4 Å². The van der Waals surface area contributed by atoms with E-state index in [0.29, 0.717) is 36.6 Å². The van der Waals surface area contributed by atoms with Gasteiger partial charge in [-0.2, -0.15) is 13.2 Å². The van der Waals surface area contributed by atoms with E-state index in [2.05, 4.69) is 10.2 Å². The number of amides is 1. The van der Waals surface area contributed by atoms with Crippen molar-refractivity contribution >= 4 is 28.9 Å². The van der Waals surface area contributed by atoms with E-state index in [-0.39, 0.29) is 11.9 Å². The van der Waals surface area contributed by atoms with Crippen molar-refractivity contribution < 1.29 is 23.1 Å². The Bertz CT molecular complexity index is 1030. The number of likely N-dealkylation sites (tertiary alicyclic amines) is 1. The minimum absolute atomic E-state index is 0.145. The molecule has 2 aliphatic rings. The summed E-state index contributed by atoms with van der Waals surface area (Å²) in [6, 6.07) is 8.56. The number of benzene rings is 2. The van der Waals surface area contributed by atoms with Crippen LogP contribution in [-0.4, -0.2) is 47.8 Å². The number of halogens is 4. The molecule has 2 N–H and O–H groups in total. The van der Waals surface area contributed by atoms with Gasteiger partial charge in [-0.3, -0.25) is 9.69 Å². The van der Waals surface area contributed by atoms with Crippen LogP contribution < -0.4 is 10.2 Å². The van der Waals surface area contributed by atoms with Crippen LogP contribution >= 0.6 is 11.6 Å². The summed E-state index contributed by atoms with van der Waals surface area (Å²) in [6.45, 7) is 3.76. The Balaban J connectivity index is 1.41. The van der Waals surface area contributed by atoms with Crippen LogP contribution in [0, 0.1) is 0 Å². The molecule has 0 aliphatic carbocycles. The first-order chi connectivity index (χ1) is 16.1. The van der Waals surface area contributed by atoms with Gasteiger partial charge in [0, 0.05) is 25.3 Å². The van der Waals surface area contributed by atoms with Crippen LogP contribution in [0.5, 0.6) is 0 Å². The number of aliphatic hydroxyl groups excluding tert-OH is 1. The van der Waals surface area contributed by atoms with Gasteiger partial charge < -0.3 is 15.3 Å². The lowest BCUT2D eigenvalue weighted by atomic mass is 10.0. The number of aliphatic hydroxyl groups is 1. The van der Waals surface area contributed by atoms with Gasteiger partial charge in [0.2, 0.25) is 5.91 Å². The van der Waals surface area contributed by atoms with Crippen LogP contribution in [0.25, 0.3) is 0 Å². The standard InChI is InChI=1S/C25H29ClF3N3O2/c1-16(33)32-11-3-2-4-22(32)24(34)30-20-14-18-10-13-31(23(18)21(26)15-20)12-9-17-5-7-19(8-6-17)25(27,28)29/h5-8,14-16,22,33H,2-4,9-13H2,1H3,(H,30,34)/t16?,22-/m1/s1. The first-order valence-electron chi connectivity index (χ1n) is 11.6. The second-order valence-electron chi connectivity index (χ2n) is 9.02. The average molecular weight is 496 g/mol. The van der Waals surface area contributed by atoms with Crippen LogP contribution in [0.4, 0.5) is 24.5 Å². The number of hydrogen-bond acceptors (Lipinski definition) is 4. The minimum Gasteiger partial charge on any atom is -0.379 e. The van der Waals surface area contributed by atoms with E-state index in [9.17, 15) is 23.1 Å². The maximum atomic E-state index is 12.9. The fourth-order valence-electron chi connectivity index (χ4n) is 4.90. The predicted octanol–water partition coefficient (Wildman–Crippen LogP) is 5.10. The van der Waals surface area contributed by atoms with Gasteiger partial charge in [-0.25, -0.2) is 0 Å². The highest BCUT2D eigenvalue weighted by Gasteiger charge is 2.32. The van der Waals surface area contributed by atoms with Crippen molar-refractivity contribution in [2.45, 2.75) is 57.5 Å². The van der Waals surface area contributed by atoms with Crippen LogP contribution in [0.1, 0.15) is 42.9 Å². The number of rotatable bonds is 6. The van der Waals surface area contributed by atoms with E-state index in [4.69, 9.17) is 11.6 Å². The number of alkyl halides is 3. The number of nitrogens with one attached hydrogen (secondary N) is 1. The molecule has 1 fully saturated rings. The summed E-state index contributed by atoms with van der Waals surface area (Å²) < 4.78 is 38.3. The second-order valence-corrected chi connectivity index (χ2v) is 9.43. The maximum absolute atomic E-state index is 12.9. The minimum atomic E-state index is -4.33. The summed E-state index contributed by atoms with van der Waals surface area (Å²) in [4.78, 5) is 16.9. The Kier molecular flexibility index (Phi) is 7.40. The normalized spacial score (nSPS) is 19.7. The first-order valence-corrected chi connectivity index (χ1v) is 12.0. The lowest BCUT2D eigenvalue weighted by molar-refractivity contribution is -0.137. The number of anilines is 2. The summed E-state index contributed by atoms with van der Waals surface area (Å²) in [5.41, 5.74) is 2.76. The SMILES string of the molecule is CC(O)N1CCCC[C@@H]1C(=O)Nc1cc(Cl)c2c(c1)CCN2CCc1ccc(C(F)(F)F)cc1. The Labute approximate surface area is 202 Å². The van der Waals surface area contributed by atoms with E-state index in [1.807, 2.05) is 11.0 Å². The van der Waals surface area contributed by atoms with E-state index < -0.39 is 18.0 Å². The number of fused-ring (bicyclic) bond motifs is 1. The van der Waals surface area contributed by atoms with E-state index in [1.54, 1.807) is 13.0 Å². The molecular weight excluding hydrogens is 467 g/mol. The van der Waals surface area contributed by atoms with Crippen molar-refractivity contribution in [1.29, 1.82) is 0 Å². The van der Waals surface area contributed by atoms with Crippen molar-refractivity contribution in [3.8, 4) is 0 Å². The topological polar surface area (TPSA) is 55.8 Å². The Hall–Kier alpha value is -2.29. The molecule has 2 aromatic carbocycles. The highest BCUT2D eigenvalue weighted by molar-refractivity contribution is 6.34. The summed E-state index contributed by atoms with van der Waals surface area (Å²) >= 11 is 6.60. The molecule has 2 heterocycles. The zero-order valence-electron chi connectivity index (χ0n) is 19.0. The fraction of sp³-hybridized carbons (Fsp3) is 0.480. The van der Waals surface area contributed by atoms with Crippen molar-refractivity contribution in [2.75, 3.05) is 29.9 Å². The molecule has 1 unspecified atom stereocenters. The molecule has 2 atom stereocenters. The van der Waals surface area contributed by atoms with Crippen molar-refractivity contribution in [3.05, 3.63) is 58.1 Å². The molecule has 0 radical (unpaired) electrons. The van der Waals surface area contributed by atoms with Gasteiger partial charge >= 0.3 is 6.18 Å². The lowest BCUT2D eigenvalue weighted by Crippen LogP contribution is -2.50. The molecule has 184 valence electrons. The number of hydrogen-bond donors (Lipinski definition) is 2. The fourth-order valence-corrected chi connectivity index (χ4v) is 5.25. The lowest BCUT2D eigenvalue weighted by Gasteiger charge is -2.36. The van der Waals surface area contributed by atoms with Crippen molar-refractivity contribution in [1.82, 2.24) is 4.90 Å². The average Bonchev–Trinajstić information content (AvgIpc) is 3.20. The molecule has 4 rings (SSSR count). The summed E-state index contributed by atoms with van der Waals surface area (Å²) in [5.74, 6) is -0.145. The monoisotopic (exact) mass is 495 g/mol. The number of piperidine rings is 1. The van der Waals surface area contributed by atoms with Gasteiger partial charge in [0.05, 0.1) is 22.3 Å². The molecule has 0 aromatic heterocycles. The Morgan fingerprint density at radius 3 is 2.62 bits per heavy atom. The third kappa shape index (κ3) is 5.50. The van der Waals surface area contributed by atoms with E-state index in [1.165, 1.54) is 12.1 Å². The van der Waals surface area contributed by atoms with Gasteiger partial charge in [-0.15, -0.1) is 0 Å². The molecule has 2 aromatic rings. The van der Waals surface area contributed by atoms with Gasteiger partial charge in [0.25, 0.3) is 0 Å². The zero-order chi connectivity index (χ0) is 24.5.